The zero-order valence-electron chi connectivity index (χ0n) is 20.2. The molecule has 1 unspecified atom stereocenters. The average molecular weight is 479 g/mol. The Bertz CT molecular complexity index is 1110. The normalized spacial score (nSPS) is 19.5. The maximum absolute atomic E-state index is 11.6. The van der Waals surface area contributed by atoms with Crippen LogP contribution in [-0.2, 0) is 11.2 Å². The highest BCUT2D eigenvalue weighted by atomic mass is 16.5. The number of aryl methyl sites for hydroxylation is 1. The molecule has 0 amide bonds. The van der Waals surface area contributed by atoms with Gasteiger partial charge < -0.3 is 19.8 Å². The summed E-state index contributed by atoms with van der Waals surface area (Å²) in [5.41, 5.74) is 2.69. The van der Waals surface area contributed by atoms with Gasteiger partial charge in [0.2, 0.25) is 0 Å². The summed E-state index contributed by atoms with van der Waals surface area (Å²) in [6.45, 7) is 2.67. The minimum Gasteiger partial charge on any atom is -0.497 e. The van der Waals surface area contributed by atoms with Crippen LogP contribution in [0, 0.1) is 11.8 Å². The third kappa shape index (κ3) is 6.74. The maximum Gasteiger partial charge on any atom is 0.303 e. The number of fused-ring (bicyclic) bond motifs is 1. The fraction of sp³-hybridized carbons (Fsp3) is 0.481. The molecule has 2 N–H and O–H groups in total. The number of aliphatic hydroxyl groups is 1. The quantitative estimate of drug-likeness (QED) is 0.427. The number of carbonyl (C=O) groups is 1. The molecule has 2 aromatic heterocycles. The molecule has 8 nitrogen and oxygen atoms in total. The summed E-state index contributed by atoms with van der Waals surface area (Å²) in [6, 6.07) is 9.47. The van der Waals surface area contributed by atoms with Gasteiger partial charge in [-0.2, -0.15) is 0 Å². The van der Waals surface area contributed by atoms with Crippen molar-refractivity contribution < 1.29 is 19.7 Å². The van der Waals surface area contributed by atoms with Gasteiger partial charge in [0.25, 0.3) is 0 Å². The number of rotatable bonds is 11. The summed E-state index contributed by atoms with van der Waals surface area (Å²) in [5, 5.41) is 21.5. The summed E-state index contributed by atoms with van der Waals surface area (Å²) in [7, 11) is 1.62. The first kappa shape index (κ1) is 25.0. The molecular formula is C27H34N4O4. The van der Waals surface area contributed by atoms with Crippen molar-refractivity contribution in [2.75, 3.05) is 26.7 Å². The summed E-state index contributed by atoms with van der Waals surface area (Å²) < 4.78 is 5.35. The number of aliphatic hydroxyl groups excluding tert-OH is 1. The number of aliphatic carboxylic acids is 1. The first-order valence-electron chi connectivity index (χ1n) is 12.3. The molecule has 1 fully saturated rings. The second kappa shape index (κ2) is 12.0. The molecule has 3 heterocycles. The lowest BCUT2D eigenvalue weighted by molar-refractivity contribution is -0.139. The number of aromatic nitrogens is 3. The van der Waals surface area contributed by atoms with Crippen molar-refractivity contribution in [2.45, 2.75) is 44.6 Å². The Hall–Kier alpha value is -3.10. The van der Waals surface area contributed by atoms with Crippen LogP contribution >= 0.6 is 0 Å². The third-order valence-corrected chi connectivity index (χ3v) is 7.12. The van der Waals surface area contributed by atoms with E-state index < -0.39 is 12.1 Å². The second-order valence-corrected chi connectivity index (χ2v) is 9.39. The average Bonchev–Trinajstić information content (AvgIpc) is 2.87. The highest BCUT2D eigenvalue weighted by Gasteiger charge is 2.31. The molecule has 0 saturated carbocycles. The predicted molar refractivity (Wildman–Crippen MR) is 133 cm³/mol. The van der Waals surface area contributed by atoms with Crippen LogP contribution in [0.15, 0.2) is 49.1 Å². The van der Waals surface area contributed by atoms with E-state index in [9.17, 15) is 15.0 Å². The van der Waals surface area contributed by atoms with Crippen LogP contribution in [0.25, 0.3) is 10.9 Å². The first-order valence-corrected chi connectivity index (χ1v) is 12.3. The number of piperidine rings is 1. The van der Waals surface area contributed by atoms with E-state index in [0.29, 0.717) is 6.42 Å². The highest BCUT2D eigenvalue weighted by molar-refractivity contribution is 5.83. The van der Waals surface area contributed by atoms with E-state index in [1.807, 2.05) is 30.3 Å². The van der Waals surface area contributed by atoms with E-state index in [1.165, 1.54) is 0 Å². The first-order chi connectivity index (χ1) is 17.0. The topological polar surface area (TPSA) is 109 Å². The van der Waals surface area contributed by atoms with Gasteiger partial charge >= 0.3 is 5.97 Å². The van der Waals surface area contributed by atoms with Gasteiger partial charge in [-0.3, -0.25) is 9.78 Å². The van der Waals surface area contributed by atoms with E-state index in [0.717, 1.165) is 73.2 Å². The van der Waals surface area contributed by atoms with Crippen LogP contribution in [-0.4, -0.2) is 62.8 Å². The molecule has 0 radical (unpaired) electrons. The van der Waals surface area contributed by atoms with Crippen molar-refractivity contribution in [3.63, 3.8) is 0 Å². The van der Waals surface area contributed by atoms with Crippen molar-refractivity contribution >= 4 is 16.9 Å². The van der Waals surface area contributed by atoms with Crippen LogP contribution in [0.3, 0.4) is 0 Å². The molecule has 4 rings (SSSR count). The number of pyridine rings is 1. The SMILES string of the molecule is COc1ccc2nccc(C(O)CC[C@@H]3CCN(CCCc4ccncn4)C[C@@H]3CC(=O)O)c2c1. The number of nitrogens with zero attached hydrogens (tertiary/aromatic N) is 4. The minimum absolute atomic E-state index is 0.0850. The number of ether oxygens (including phenoxy) is 1. The van der Waals surface area contributed by atoms with Gasteiger partial charge in [-0.1, -0.05) is 0 Å². The van der Waals surface area contributed by atoms with Crippen LogP contribution in [0.4, 0.5) is 0 Å². The van der Waals surface area contributed by atoms with Crippen LogP contribution in [0.1, 0.15) is 49.5 Å². The molecule has 35 heavy (non-hydrogen) atoms. The van der Waals surface area contributed by atoms with Crippen LogP contribution in [0.2, 0.25) is 0 Å². The van der Waals surface area contributed by atoms with Crippen molar-refractivity contribution in [1.29, 1.82) is 0 Å². The Morgan fingerprint density at radius 2 is 2.09 bits per heavy atom. The van der Waals surface area contributed by atoms with E-state index >= 15 is 0 Å². The fourth-order valence-electron chi connectivity index (χ4n) is 5.24. The van der Waals surface area contributed by atoms with Crippen molar-refractivity contribution in [3.05, 3.63) is 60.3 Å². The Labute approximate surface area is 206 Å². The van der Waals surface area contributed by atoms with E-state index in [-0.39, 0.29) is 18.3 Å². The Balaban J connectivity index is 1.35. The molecular weight excluding hydrogens is 444 g/mol. The zero-order valence-corrected chi connectivity index (χ0v) is 20.2. The Morgan fingerprint density at radius 1 is 1.20 bits per heavy atom. The summed E-state index contributed by atoms with van der Waals surface area (Å²) in [4.78, 5) is 26.6. The van der Waals surface area contributed by atoms with Gasteiger partial charge in [0.15, 0.2) is 0 Å². The third-order valence-electron chi connectivity index (χ3n) is 7.12. The molecule has 1 saturated heterocycles. The number of carboxylic acid groups (broad SMARTS) is 1. The number of carboxylic acids is 1. The molecule has 1 aliphatic rings. The molecule has 0 spiro atoms. The van der Waals surface area contributed by atoms with Gasteiger partial charge in [0, 0.05) is 36.4 Å². The van der Waals surface area contributed by atoms with E-state index in [2.05, 4.69) is 19.9 Å². The second-order valence-electron chi connectivity index (χ2n) is 9.39. The zero-order chi connectivity index (χ0) is 24.6. The number of methoxy groups -OCH3 is 1. The summed E-state index contributed by atoms with van der Waals surface area (Å²) in [5.74, 6) is 0.339. The lowest BCUT2D eigenvalue weighted by Gasteiger charge is -2.38. The number of hydrogen-bond donors (Lipinski definition) is 2. The monoisotopic (exact) mass is 478 g/mol. The molecule has 0 bridgehead atoms. The molecule has 1 aromatic carbocycles. The minimum atomic E-state index is -0.754. The van der Waals surface area contributed by atoms with Crippen molar-refractivity contribution in [2.24, 2.45) is 11.8 Å². The van der Waals surface area contributed by atoms with Crippen LogP contribution in [0.5, 0.6) is 5.75 Å². The number of benzene rings is 1. The van der Waals surface area contributed by atoms with Gasteiger partial charge in [-0.25, -0.2) is 9.97 Å². The maximum atomic E-state index is 11.6. The van der Waals surface area contributed by atoms with Crippen LogP contribution < -0.4 is 4.74 Å². The molecule has 8 heteroatoms. The van der Waals surface area contributed by atoms with E-state index in [4.69, 9.17) is 4.74 Å². The number of likely N-dealkylation sites (tertiary alicyclic amines) is 1. The lowest BCUT2D eigenvalue weighted by Crippen LogP contribution is -2.42. The highest BCUT2D eigenvalue weighted by Crippen LogP contribution is 2.34. The fourth-order valence-corrected chi connectivity index (χ4v) is 5.24. The molecule has 3 atom stereocenters. The van der Waals surface area contributed by atoms with Crippen molar-refractivity contribution in [1.82, 2.24) is 19.9 Å². The summed E-state index contributed by atoms with van der Waals surface area (Å²) in [6.07, 6.45) is 8.79. The number of hydrogen-bond acceptors (Lipinski definition) is 7. The summed E-state index contributed by atoms with van der Waals surface area (Å²) >= 11 is 0. The molecule has 186 valence electrons. The molecule has 0 aliphatic carbocycles. The van der Waals surface area contributed by atoms with Crippen molar-refractivity contribution in [3.8, 4) is 5.75 Å². The van der Waals surface area contributed by atoms with E-state index in [1.54, 1.807) is 25.8 Å². The van der Waals surface area contributed by atoms with Gasteiger partial charge in [0.1, 0.15) is 12.1 Å². The lowest BCUT2D eigenvalue weighted by atomic mass is 9.79. The Morgan fingerprint density at radius 3 is 2.86 bits per heavy atom. The standard InChI is InChI=1S/C27H34N4O4/c1-35-22-5-6-25-24(16-22)23(9-12-29-25)26(32)7-4-19-10-14-31(17-20(19)15-27(33)34)13-2-3-21-8-11-28-18-30-21/h5-6,8-9,11-12,16,18-20,26,32H,2-4,7,10,13-15,17H2,1H3,(H,33,34)/t19-,20+,26?/m1/s1. The molecule has 3 aromatic rings. The largest absolute Gasteiger partial charge is 0.497 e. The Kier molecular flexibility index (Phi) is 8.60. The molecule has 1 aliphatic heterocycles. The predicted octanol–water partition coefficient (Wildman–Crippen LogP) is 3.89. The van der Waals surface area contributed by atoms with Gasteiger partial charge in [-0.05, 0) is 92.9 Å². The smallest absolute Gasteiger partial charge is 0.303 e. The van der Waals surface area contributed by atoms with Gasteiger partial charge in [0.05, 0.1) is 18.7 Å². The van der Waals surface area contributed by atoms with Gasteiger partial charge in [-0.15, -0.1) is 0 Å².